The molecule has 0 aromatic heterocycles. The van der Waals surface area contributed by atoms with Crippen molar-refractivity contribution >= 4 is 11.6 Å². The van der Waals surface area contributed by atoms with Gasteiger partial charge in [0, 0.05) is 17.6 Å². The number of benzene rings is 1. The third kappa shape index (κ3) is 4.11. The summed E-state index contributed by atoms with van der Waals surface area (Å²) >= 11 is 5.79. The number of halogens is 3. The quantitative estimate of drug-likeness (QED) is 0.820. The number of hydrogen-bond donors (Lipinski definition) is 2. The first-order valence-corrected chi connectivity index (χ1v) is 4.98. The van der Waals surface area contributed by atoms with E-state index in [-0.39, 0.29) is 19.1 Å². The number of nitrogens with one attached hydrogen (secondary N) is 1. The summed E-state index contributed by atoms with van der Waals surface area (Å²) in [5, 5.41) is 3.25. The van der Waals surface area contributed by atoms with Crippen LogP contribution < -0.4 is 11.1 Å². The Morgan fingerprint density at radius 1 is 1.40 bits per heavy atom. The SMILES string of the molecule is NCC(NCC(F)F)c1cccc(Cl)c1. The van der Waals surface area contributed by atoms with Crippen molar-refractivity contribution < 1.29 is 8.78 Å². The van der Waals surface area contributed by atoms with Crippen molar-refractivity contribution in [3.63, 3.8) is 0 Å². The summed E-state index contributed by atoms with van der Waals surface area (Å²) in [6.07, 6.45) is -2.38. The second-order valence-electron chi connectivity index (χ2n) is 3.14. The van der Waals surface area contributed by atoms with E-state index in [0.29, 0.717) is 5.02 Å². The normalized spacial score (nSPS) is 13.1. The molecule has 1 aromatic carbocycles. The predicted octanol–water partition coefficient (Wildman–Crippen LogP) is 2.19. The zero-order chi connectivity index (χ0) is 11.3. The highest BCUT2D eigenvalue weighted by Crippen LogP contribution is 2.17. The summed E-state index contributed by atoms with van der Waals surface area (Å²) in [5.41, 5.74) is 6.32. The molecule has 1 atom stereocenters. The number of alkyl halides is 2. The Hall–Kier alpha value is -0.710. The molecular weight excluding hydrogens is 222 g/mol. The van der Waals surface area contributed by atoms with E-state index >= 15 is 0 Å². The maximum Gasteiger partial charge on any atom is 0.250 e. The average Bonchev–Trinajstić information content (AvgIpc) is 2.18. The zero-order valence-corrected chi connectivity index (χ0v) is 8.85. The van der Waals surface area contributed by atoms with Crippen LogP contribution in [0, 0.1) is 0 Å². The van der Waals surface area contributed by atoms with Crippen molar-refractivity contribution in [3.05, 3.63) is 34.9 Å². The molecule has 0 saturated carbocycles. The van der Waals surface area contributed by atoms with Crippen LogP contribution in [0.2, 0.25) is 5.02 Å². The fraction of sp³-hybridized carbons (Fsp3) is 0.400. The summed E-state index contributed by atoms with van der Waals surface area (Å²) < 4.78 is 24.0. The summed E-state index contributed by atoms with van der Waals surface area (Å²) in [6, 6.07) is 6.74. The average molecular weight is 235 g/mol. The molecule has 0 spiro atoms. The molecule has 0 aliphatic carbocycles. The Morgan fingerprint density at radius 3 is 2.67 bits per heavy atom. The van der Waals surface area contributed by atoms with Crippen LogP contribution in [0.25, 0.3) is 0 Å². The summed E-state index contributed by atoms with van der Waals surface area (Å²) in [7, 11) is 0. The van der Waals surface area contributed by atoms with Crippen LogP contribution in [0.15, 0.2) is 24.3 Å². The molecule has 0 aliphatic heterocycles. The fourth-order valence-corrected chi connectivity index (χ4v) is 1.49. The van der Waals surface area contributed by atoms with Gasteiger partial charge in [0.25, 0.3) is 6.43 Å². The van der Waals surface area contributed by atoms with E-state index in [1.165, 1.54) is 0 Å². The molecule has 3 N–H and O–H groups in total. The highest BCUT2D eigenvalue weighted by atomic mass is 35.5. The lowest BCUT2D eigenvalue weighted by molar-refractivity contribution is 0.141. The largest absolute Gasteiger partial charge is 0.329 e. The van der Waals surface area contributed by atoms with Gasteiger partial charge in [0.2, 0.25) is 0 Å². The highest BCUT2D eigenvalue weighted by molar-refractivity contribution is 6.30. The van der Waals surface area contributed by atoms with Crippen LogP contribution in [-0.4, -0.2) is 19.5 Å². The molecule has 1 aromatic rings. The topological polar surface area (TPSA) is 38.0 Å². The minimum atomic E-state index is -2.38. The second-order valence-corrected chi connectivity index (χ2v) is 3.58. The van der Waals surface area contributed by atoms with E-state index in [4.69, 9.17) is 17.3 Å². The van der Waals surface area contributed by atoms with Crippen molar-refractivity contribution in [3.8, 4) is 0 Å². The van der Waals surface area contributed by atoms with E-state index in [1.54, 1.807) is 18.2 Å². The van der Waals surface area contributed by atoms with Gasteiger partial charge < -0.3 is 11.1 Å². The Labute approximate surface area is 92.4 Å². The van der Waals surface area contributed by atoms with Crippen LogP contribution in [0.5, 0.6) is 0 Å². The van der Waals surface area contributed by atoms with Gasteiger partial charge in [0.05, 0.1) is 6.54 Å². The van der Waals surface area contributed by atoms with E-state index < -0.39 is 6.43 Å². The minimum absolute atomic E-state index is 0.257. The molecule has 0 saturated heterocycles. The van der Waals surface area contributed by atoms with Crippen molar-refractivity contribution in [2.45, 2.75) is 12.5 Å². The Balaban J connectivity index is 2.65. The molecule has 1 rings (SSSR count). The molecule has 1 unspecified atom stereocenters. The molecular formula is C10H13ClF2N2. The van der Waals surface area contributed by atoms with Gasteiger partial charge in [-0.05, 0) is 17.7 Å². The van der Waals surface area contributed by atoms with Crippen molar-refractivity contribution in [1.82, 2.24) is 5.32 Å². The van der Waals surface area contributed by atoms with Gasteiger partial charge in [0.1, 0.15) is 0 Å². The molecule has 84 valence electrons. The smallest absolute Gasteiger partial charge is 0.250 e. The van der Waals surface area contributed by atoms with Gasteiger partial charge in [-0.2, -0.15) is 0 Å². The van der Waals surface area contributed by atoms with Gasteiger partial charge in [0.15, 0.2) is 0 Å². The third-order valence-electron chi connectivity index (χ3n) is 2.01. The lowest BCUT2D eigenvalue weighted by atomic mass is 10.1. The van der Waals surface area contributed by atoms with E-state index in [9.17, 15) is 8.78 Å². The van der Waals surface area contributed by atoms with E-state index in [2.05, 4.69) is 5.32 Å². The van der Waals surface area contributed by atoms with Crippen LogP contribution in [0.1, 0.15) is 11.6 Å². The van der Waals surface area contributed by atoms with Crippen molar-refractivity contribution in [2.24, 2.45) is 5.73 Å². The number of nitrogens with two attached hydrogens (primary N) is 1. The second kappa shape index (κ2) is 6.00. The lowest BCUT2D eigenvalue weighted by Gasteiger charge is -2.17. The molecule has 15 heavy (non-hydrogen) atoms. The highest BCUT2D eigenvalue weighted by Gasteiger charge is 2.11. The molecule has 0 heterocycles. The molecule has 5 heteroatoms. The van der Waals surface area contributed by atoms with Gasteiger partial charge >= 0.3 is 0 Å². The summed E-state index contributed by atoms with van der Waals surface area (Å²) in [6.45, 7) is -0.110. The third-order valence-corrected chi connectivity index (χ3v) is 2.24. The van der Waals surface area contributed by atoms with Gasteiger partial charge in [-0.15, -0.1) is 0 Å². The maximum atomic E-state index is 12.0. The Morgan fingerprint density at radius 2 is 2.13 bits per heavy atom. The van der Waals surface area contributed by atoms with Gasteiger partial charge in [-0.3, -0.25) is 0 Å². The molecule has 0 amide bonds. The van der Waals surface area contributed by atoms with Crippen molar-refractivity contribution in [1.29, 1.82) is 0 Å². The number of hydrogen-bond acceptors (Lipinski definition) is 2. The molecule has 0 fully saturated rings. The zero-order valence-electron chi connectivity index (χ0n) is 8.09. The maximum absolute atomic E-state index is 12.0. The first-order chi connectivity index (χ1) is 7.13. The van der Waals surface area contributed by atoms with Crippen LogP contribution >= 0.6 is 11.6 Å². The molecule has 0 bridgehead atoms. The number of rotatable bonds is 5. The minimum Gasteiger partial charge on any atom is -0.329 e. The molecule has 0 radical (unpaired) electrons. The van der Waals surface area contributed by atoms with E-state index in [0.717, 1.165) is 5.56 Å². The summed E-state index contributed by atoms with van der Waals surface area (Å²) in [5.74, 6) is 0. The summed E-state index contributed by atoms with van der Waals surface area (Å²) in [4.78, 5) is 0. The Kier molecular flexibility index (Phi) is 4.94. The van der Waals surface area contributed by atoms with Crippen LogP contribution in [0.4, 0.5) is 8.78 Å². The van der Waals surface area contributed by atoms with Crippen molar-refractivity contribution in [2.75, 3.05) is 13.1 Å². The van der Waals surface area contributed by atoms with E-state index in [1.807, 2.05) is 6.07 Å². The van der Waals surface area contributed by atoms with Crippen LogP contribution in [0.3, 0.4) is 0 Å². The van der Waals surface area contributed by atoms with Crippen LogP contribution in [-0.2, 0) is 0 Å². The van der Waals surface area contributed by atoms with Gasteiger partial charge in [-0.1, -0.05) is 23.7 Å². The standard InChI is InChI=1S/C10H13ClF2N2/c11-8-3-1-2-7(4-8)9(5-14)15-6-10(12)13/h1-4,9-10,15H,5-6,14H2. The fourth-order valence-electron chi connectivity index (χ4n) is 1.29. The first kappa shape index (κ1) is 12.4. The molecule has 2 nitrogen and oxygen atoms in total. The molecule has 0 aliphatic rings. The monoisotopic (exact) mass is 234 g/mol. The predicted molar refractivity (Wildman–Crippen MR) is 57.3 cm³/mol. The van der Waals surface area contributed by atoms with Gasteiger partial charge in [-0.25, -0.2) is 8.78 Å². The first-order valence-electron chi connectivity index (χ1n) is 4.60. The Bertz CT molecular complexity index is 307. The lowest BCUT2D eigenvalue weighted by Crippen LogP contribution is -2.31.